The molecular formula is C18H14N4O2S. The number of rotatable bonds is 4. The predicted octanol–water partition coefficient (Wildman–Crippen LogP) is 3.09. The second kappa shape index (κ2) is 6.37. The number of thiazole rings is 1. The molecule has 0 unspecified atom stereocenters. The number of hydrogen-bond donors (Lipinski definition) is 2. The third-order valence-electron chi connectivity index (χ3n) is 3.82. The number of aromatic amines is 1. The summed E-state index contributed by atoms with van der Waals surface area (Å²) in [5.74, 6) is -0.193. The maximum Gasteiger partial charge on any atom is 0.246 e. The maximum absolute atomic E-state index is 12.4. The summed E-state index contributed by atoms with van der Waals surface area (Å²) in [6, 6.07) is 12.5. The van der Waals surface area contributed by atoms with Crippen molar-refractivity contribution in [2.75, 3.05) is 5.32 Å². The van der Waals surface area contributed by atoms with Crippen LogP contribution in [0.25, 0.3) is 22.3 Å². The summed E-state index contributed by atoms with van der Waals surface area (Å²) in [6.07, 6.45) is 3.46. The van der Waals surface area contributed by atoms with Crippen molar-refractivity contribution in [3.63, 3.8) is 0 Å². The van der Waals surface area contributed by atoms with Crippen molar-refractivity contribution in [3.05, 3.63) is 70.5 Å². The number of hydrogen-bond acceptors (Lipinski definition) is 4. The fraction of sp³-hybridized carbons (Fsp3) is 0.0556. The highest BCUT2D eigenvalue weighted by molar-refractivity contribution is 7.14. The molecule has 0 aliphatic heterocycles. The molecule has 0 saturated heterocycles. The van der Waals surface area contributed by atoms with E-state index in [0.29, 0.717) is 10.5 Å². The molecule has 1 aromatic carbocycles. The van der Waals surface area contributed by atoms with Crippen LogP contribution in [0.3, 0.4) is 0 Å². The Labute approximate surface area is 146 Å². The molecule has 25 heavy (non-hydrogen) atoms. The number of H-pyrrole nitrogens is 1. The molecule has 1 amide bonds. The van der Waals surface area contributed by atoms with E-state index in [1.54, 1.807) is 16.8 Å². The molecule has 0 fully saturated rings. The summed E-state index contributed by atoms with van der Waals surface area (Å²) < 4.78 is 1.76. The van der Waals surface area contributed by atoms with Crippen molar-refractivity contribution >= 4 is 33.3 Å². The summed E-state index contributed by atoms with van der Waals surface area (Å²) in [5.41, 5.74) is 2.38. The number of carbonyl (C=O) groups excluding carboxylic acids is 1. The lowest BCUT2D eigenvalue weighted by Gasteiger charge is -2.09. The Morgan fingerprint density at radius 3 is 2.92 bits per heavy atom. The summed E-state index contributed by atoms with van der Waals surface area (Å²) in [7, 11) is 0. The lowest BCUT2D eigenvalue weighted by Crippen LogP contribution is -2.20. The number of benzene rings is 1. The van der Waals surface area contributed by atoms with Gasteiger partial charge in [-0.15, -0.1) is 11.3 Å². The normalized spacial score (nSPS) is 10.9. The Hall–Kier alpha value is -3.19. The quantitative estimate of drug-likeness (QED) is 0.593. The van der Waals surface area contributed by atoms with Crippen LogP contribution in [-0.2, 0) is 11.3 Å². The van der Waals surface area contributed by atoms with Crippen molar-refractivity contribution in [2.45, 2.75) is 6.54 Å². The average molecular weight is 350 g/mol. The van der Waals surface area contributed by atoms with Gasteiger partial charge in [-0.25, -0.2) is 4.98 Å². The van der Waals surface area contributed by atoms with Gasteiger partial charge in [0, 0.05) is 29.2 Å². The SMILES string of the molecule is O=C(Cn1ccc(=O)c2ccccc21)Nc1nc(-c2ccc[nH]2)cs1. The highest BCUT2D eigenvalue weighted by atomic mass is 32.1. The van der Waals surface area contributed by atoms with Crippen molar-refractivity contribution in [2.24, 2.45) is 0 Å². The number of nitrogens with one attached hydrogen (secondary N) is 2. The third-order valence-corrected chi connectivity index (χ3v) is 4.58. The van der Waals surface area contributed by atoms with Crippen LogP contribution in [0.5, 0.6) is 0 Å². The standard InChI is InChI=1S/C18H14N4O2S/c23-16-7-9-22(15-6-2-1-4-12(15)16)10-17(24)21-18-20-14(11-25-18)13-5-3-8-19-13/h1-9,11,19H,10H2,(H,20,21,24). The number of carbonyl (C=O) groups is 1. The molecule has 4 aromatic rings. The first-order valence-corrected chi connectivity index (χ1v) is 8.56. The molecule has 6 nitrogen and oxygen atoms in total. The van der Waals surface area contributed by atoms with Crippen molar-refractivity contribution in [3.8, 4) is 11.4 Å². The Balaban J connectivity index is 1.53. The first-order valence-electron chi connectivity index (χ1n) is 7.68. The zero-order valence-corrected chi connectivity index (χ0v) is 13.9. The minimum atomic E-state index is -0.193. The molecule has 124 valence electrons. The highest BCUT2D eigenvalue weighted by Crippen LogP contribution is 2.23. The largest absolute Gasteiger partial charge is 0.360 e. The second-order valence-corrected chi connectivity index (χ2v) is 6.35. The van der Waals surface area contributed by atoms with E-state index in [4.69, 9.17) is 0 Å². The summed E-state index contributed by atoms with van der Waals surface area (Å²) in [4.78, 5) is 31.7. The van der Waals surface area contributed by atoms with Crippen molar-refractivity contribution in [1.82, 2.24) is 14.5 Å². The van der Waals surface area contributed by atoms with Gasteiger partial charge in [-0.05, 0) is 24.3 Å². The van der Waals surface area contributed by atoms with Gasteiger partial charge in [0.05, 0.1) is 16.9 Å². The third kappa shape index (κ3) is 3.09. The Morgan fingerprint density at radius 1 is 1.20 bits per heavy atom. The molecule has 0 bridgehead atoms. The van der Waals surface area contributed by atoms with Gasteiger partial charge in [-0.1, -0.05) is 12.1 Å². The van der Waals surface area contributed by atoms with E-state index >= 15 is 0 Å². The Bertz CT molecular complexity index is 1100. The van der Waals surface area contributed by atoms with E-state index in [-0.39, 0.29) is 17.9 Å². The fourth-order valence-electron chi connectivity index (χ4n) is 2.66. The van der Waals surface area contributed by atoms with Gasteiger partial charge in [0.25, 0.3) is 0 Å². The van der Waals surface area contributed by atoms with Crippen LogP contribution in [0.15, 0.2) is 65.0 Å². The second-order valence-electron chi connectivity index (χ2n) is 5.49. The summed E-state index contributed by atoms with van der Waals surface area (Å²) in [5, 5.41) is 5.83. The zero-order valence-electron chi connectivity index (χ0n) is 13.1. The number of aromatic nitrogens is 3. The summed E-state index contributed by atoms with van der Waals surface area (Å²) in [6.45, 7) is 0.109. The van der Waals surface area contributed by atoms with Crippen molar-refractivity contribution < 1.29 is 4.79 Å². The lowest BCUT2D eigenvalue weighted by molar-refractivity contribution is -0.116. The number of amides is 1. The molecule has 2 N–H and O–H groups in total. The number of pyridine rings is 1. The number of fused-ring (bicyclic) bond motifs is 1. The van der Waals surface area contributed by atoms with Gasteiger partial charge < -0.3 is 14.9 Å². The maximum atomic E-state index is 12.4. The molecule has 3 heterocycles. The first-order chi connectivity index (χ1) is 12.2. The van der Waals surface area contributed by atoms with Crippen LogP contribution in [0.2, 0.25) is 0 Å². The molecule has 0 radical (unpaired) electrons. The number of anilines is 1. The zero-order chi connectivity index (χ0) is 17.2. The fourth-order valence-corrected chi connectivity index (χ4v) is 3.38. The van der Waals surface area contributed by atoms with Gasteiger partial charge in [-0.3, -0.25) is 9.59 Å². The van der Waals surface area contributed by atoms with E-state index in [2.05, 4.69) is 15.3 Å². The Kier molecular flexibility index (Phi) is 3.91. The average Bonchev–Trinajstić information content (AvgIpc) is 3.29. The van der Waals surface area contributed by atoms with Crippen molar-refractivity contribution in [1.29, 1.82) is 0 Å². The van der Waals surface area contributed by atoms with Gasteiger partial charge in [-0.2, -0.15) is 0 Å². The first kappa shape index (κ1) is 15.3. The minimum Gasteiger partial charge on any atom is -0.360 e. The lowest BCUT2D eigenvalue weighted by atomic mass is 10.2. The smallest absolute Gasteiger partial charge is 0.246 e. The van der Waals surface area contributed by atoms with Crippen LogP contribution in [0.1, 0.15) is 0 Å². The molecule has 0 saturated carbocycles. The van der Waals surface area contributed by atoms with Gasteiger partial charge in [0.15, 0.2) is 10.6 Å². The molecule has 3 aromatic heterocycles. The van der Waals surface area contributed by atoms with Crippen LogP contribution in [-0.4, -0.2) is 20.4 Å². The van der Waals surface area contributed by atoms with E-state index in [1.165, 1.54) is 17.4 Å². The molecule has 4 rings (SSSR count). The van der Waals surface area contributed by atoms with E-state index in [9.17, 15) is 9.59 Å². The number of para-hydroxylation sites is 1. The molecule has 7 heteroatoms. The van der Waals surface area contributed by atoms with Crippen LogP contribution >= 0.6 is 11.3 Å². The van der Waals surface area contributed by atoms with Crippen LogP contribution in [0, 0.1) is 0 Å². The van der Waals surface area contributed by atoms with E-state index < -0.39 is 0 Å². The van der Waals surface area contributed by atoms with Gasteiger partial charge in [0.2, 0.25) is 5.91 Å². The molecule has 0 aliphatic carbocycles. The van der Waals surface area contributed by atoms with Gasteiger partial charge in [0.1, 0.15) is 6.54 Å². The van der Waals surface area contributed by atoms with E-state index in [0.717, 1.165) is 16.9 Å². The molecular weight excluding hydrogens is 336 g/mol. The van der Waals surface area contributed by atoms with E-state index in [1.807, 2.05) is 41.9 Å². The van der Waals surface area contributed by atoms with Gasteiger partial charge >= 0.3 is 0 Å². The highest BCUT2D eigenvalue weighted by Gasteiger charge is 2.10. The summed E-state index contributed by atoms with van der Waals surface area (Å²) >= 11 is 1.37. The number of nitrogens with zero attached hydrogens (tertiary/aromatic N) is 2. The van der Waals surface area contributed by atoms with Crippen LogP contribution in [0.4, 0.5) is 5.13 Å². The molecule has 0 spiro atoms. The minimum absolute atomic E-state index is 0.0530. The Morgan fingerprint density at radius 2 is 2.08 bits per heavy atom. The van der Waals surface area contributed by atoms with Crippen LogP contribution < -0.4 is 10.7 Å². The topological polar surface area (TPSA) is 79.8 Å². The monoisotopic (exact) mass is 350 g/mol. The molecule has 0 atom stereocenters. The predicted molar refractivity (Wildman–Crippen MR) is 98.7 cm³/mol. The molecule has 0 aliphatic rings.